The van der Waals surface area contributed by atoms with Gasteiger partial charge in [-0.05, 0) is 49.1 Å². The molecular weight excluding hydrogens is 498 g/mol. The third-order valence-corrected chi connectivity index (χ3v) is 7.63. The minimum absolute atomic E-state index is 0.174. The molecule has 10 nitrogen and oxygen atoms in total. The van der Waals surface area contributed by atoms with Gasteiger partial charge in [0, 0.05) is 53.4 Å². The quantitative estimate of drug-likeness (QED) is 0.269. The van der Waals surface area contributed by atoms with Crippen LogP contribution in [-0.4, -0.2) is 49.2 Å². The van der Waals surface area contributed by atoms with E-state index in [1.54, 1.807) is 61.2 Å². The van der Waals surface area contributed by atoms with Crippen LogP contribution in [0.1, 0.15) is 13.3 Å². The average Bonchev–Trinajstić information content (AvgIpc) is 3.57. The van der Waals surface area contributed by atoms with E-state index in [-0.39, 0.29) is 6.61 Å². The lowest BCUT2D eigenvalue weighted by atomic mass is 10.2. The number of amides is 1. The van der Waals surface area contributed by atoms with Gasteiger partial charge in [-0.3, -0.25) is 0 Å². The van der Waals surface area contributed by atoms with Crippen molar-refractivity contribution in [2.24, 2.45) is 4.36 Å². The second-order valence-corrected chi connectivity index (χ2v) is 11.0. The third kappa shape index (κ3) is 6.67. The molecule has 36 heavy (non-hydrogen) atoms. The average molecular weight is 526 g/mol. The molecule has 4 aromatic rings. The van der Waals surface area contributed by atoms with Gasteiger partial charge in [-0.1, -0.05) is 6.07 Å². The van der Waals surface area contributed by atoms with Gasteiger partial charge >= 0.3 is 6.09 Å². The minimum Gasteiger partial charge on any atom is -0.448 e. The Morgan fingerprint density at radius 1 is 1.25 bits per heavy atom. The van der Waals surface area contributed by atoms with Crippen LogP contribution >= 0.6 is 11.3 Å². The summed E-state index contributed by atoms with van der Waals surface area (Å²) in [5.74, 6) is 1.16. The van der Waals surface area contributed by atoms with Crippen molar-refractivity contribution in [3.05, 3.63) is 66.7 Å². The number of ether oxygens (including phenoxy) is 1. The predicted octanol–water partition coefficient (Wildman–Crippen LogP) is 5.26. The number of imidazole rings is 1. The Bertz CT molecular complexity index is 1400. The maximum Gasteiger partial charge on any atom is 0.442 e. The number of nitrogens with zero attached hydrogens (tertiary/aromatic N) is 5. The molecule has 2 N–H and O–H groups in total. The monoisotopic (exact) mass is 525 g/mol. The van der Waals surface area contributed by atoms with Crippen LogP contribution < -0.4 is 10.6 Å². The number of thiophene rings is 1. The number of rotatable bonds is 10. The number of hydrogen-bond donors (Lipinski definition) is 2. The van der Waals surface area contributed by atoms with Crippen LogP contribution in [0.3, 0.4) is 0 Å². The summed E-state index contributed by atoms with van der Waals surface area (Å²) in [5, 5.41) is 8.64. The molecule has 1 atom stereocenters. The summed E-state index contributed by atoms with van der Waals surface area (Å²) in [5.41, 5.74) is 1.64. The van der Waals surface area contributed by atoms with Gasteiger partial charge < -0.3 is 19.9 Å². The number of nitrogens with one attached hydrogen (secondary N) is 2. The maximum absolute atomic E-state index is 12.8. The number of hydrogen-bond acceptors (Lipinski definition) is 9. The summed E-state index contributed by atoms with van der Waals surface area (Å²) >= 11 is 1.63. The number of anilines is 3. The van der Waals surface area contributed by atoms with E-state index in [1.165, 1.54) is 6.26 Å². The summed E-state index contributed by atoms with van der Waals surface area (Å²) in [6, 6.07) is 10.8. The molecule has 0 spiro atoms. The summed E-state index contributed by atoms with van der Waals surface area (Å²) in [6.45, 7) is 3.43. The van der Waals surface area contributed by atoms with Gasteiger partial charge in [0.15, 0.2) is 0 Å². The van der Waals surface area contributed by atoms with E-state index >= 15 is 0 Å². The molecule has 1 aromatic carbocycles. The highest BCUT2D eigenvalue weighted by molar-refractivity contribution is 7.93. The van der Waals surface area contributed by atoms with Crippen LogP contribution in [0.4, 0.5) is 22.2 Å². The van der Waals surface area contributed by atoms with Crippen molar-refractivity contribution in [3.63, 3.8) is 0 Å². The minimum atomic E-state index is -2.91. The van der Waals surface area contributed by atoms with Crippen molar-refractivity contribution >= 4 is 44.6 Å². The molecule has 0 saturated heterocycles. The number of carbonyl (C=O) groups excluding carboxylic acids is 1. The van der Waals surface area contributed by atoms with E-state index in [0.717, 1.165) is 35.8 Å². The number of carbonyl (C=O) groups is 1. The Morgan fingerprint density at radius 2 is 2.08 bits per heavy atom. The maximum atomic E-state index is 12.8. The zero-order chi connectivity index (χ0) is 25.4. The predicted molar refractivity (Wildman–Crippen MR) is 142 cm³/mol. The zero-order valence-corrected chi connectivity index (χ0v) is 21.6. The molecule has 0 aliphatic carbocycles. The Morgan fingerprint density at radius 3 is 2.78 bits per heavy atom. The molecule has 0 radical (unpaired) electrons. The molecule has 0 bridgehead atoms. The van der Waals surface area contributed by atoms with Crippen LogP contribution in [-0.2, 0) is 21.0 Å². The molecule has 188 valence electrons. The number of aromatic nitrogens is 4. The van der Waals surface area contributed by atoms with Crippen molar-refractivity contribution in [1.82, 2.24) is 19.5 Å². The van der Waals surface area contributed by atoms with Crippen LogP contribution in [0.25, 0.3) is 10.4 Å². The largest absolute Gasteiger partial charge is 0.448 e. The fourth-order valence-corrected chi connectivity index (χ4v) is 5.16. The van der Waals surface area contributed by atoms with E-state index < -0.39 is 15.8 Å². The van der Waals surface area contributed by atoms with Gasteiger partial charge in [-0.15, -0.1) is 15.7 Å². The van der Waals surface area contributed by atoms with E-state index in [9.17, 15) is 9.00 Å². The lowest BCUT2D eigenvalue weighted by Gasteiger charge is -2.13. The Balaban J connectivity index is 1.48. The fraction of sp³-hybridized carbons (Fsp3) is 0.250. The van der Waals surface area contributed by atoms with Crippen molar-refractivity contribution in [2.45, 2.75) is 24.8 Å². The molecule has 1 amide bonds. The van der Waals surface area contributed by atoms with E-state index in [2.05, 4.69) is 25.0 Å². The molecule has 0 aliphatic rings. The molecule has 3 aromatic heterocycles. The SMILES string of the molecule is CCOC(=O)N=S(C)(=O)c1ccc(Nc2ncc(-c3cccs3)c(NCCCn3ccnc3)n2)cc1. The topological polar surface area (TPSA) is 123 Å². The first-order valence-corrected chi connectivity index (χ1v) is 14.1. The van der Waals surface area contributed by atoms with Crippen LogP contribution in [0, 0.1) is 0 Å². The summed E-state index contributed by atoms with van der Waals surface area (Å²) in [6.07, 6.45) is 8.78. The van der Waals surface area contributed by atoms with Crippen molar-refractivity contribution in [2.75, 3.05) is 30.0 Å². The van der Waals surface area contributed by atoms with Gasteiger partial charge in [0.25, 0.3) is 0 Å². The van der Waals surface area contributed by atoms with E-state index in [0.29, 0.717) is 16.5 Å². The standard InChI is InChI=1S/C24H27N7O3S2/c1-3-34-24(32)30-36(2,33)19-9-7-18(8-10-19)28-23-27-16-20(21-6-4-15-35-21)22(29-23)26-11-5-13-31-14-12-25-17-31/h4,6-10,12,14-17H,3,5,11,13H2,1-2H3,(H2,26,27,28,29). The van der Waals surface area contributed by atoms with Gasteiger partial charge in [0.1, 0.15) is 5.82 Å². The zero-order valence-electron chi connectivity index (χ0n) is 20.0. The van der Waals surface area contributed by atoms with Crippen LogP contribution in [0.5, 0.6) is 0 Å². The van der Waals surface area contributed by atoms with Crippen molar-refractivity contribution < 1.29 is 13.7 Å². The molecule has 0 aliphatic heterocycles. The van der Waals surface area contributed by atoms with Gasteiger partial charge in [0.05, 0.1) is 28.2 Å². The van der Waals surface area contributed by atoms with Crippen molar-refractivity contribution in [3.8, 4) is 10.4 Å². The molecule has 0 saturated carbocycles. The third-order valence-electron chi connectivity index (χ3n) is 5.08. The summed E-state index contributed by atoms with van der Waals surface area (Å²) in [4.78, 5) is 26.4. The molecule has 0 fully saturated rings. The molecule has 12 heteroatoms. The first-order valence-electron chi connectivity index (χ1n) is 11.3. The second-order valence-electron chi connectivity index (χ2n) is 7.76. The molecule has 3 heterocycles. The van der Waals surface area contributed by atoms with Gasteiger partial charge in [-0.2, -0.15) is 4.98 Å². The van der Waals surface area contributed by atoms with Crippen molar-refractivity contribution in [1.29, 1.82) is 0 Å². The summed E-state index contributed by atoms with van der Waals surface area (Å²) in [7, 11) is -2.91. The lowest BCUT2D eigenvalue weighted by molar-refractivity contribution is 0.164. The second kappa shape index (κ2) is 11.8. The van der Waals surface area contributed by atoms with Crippen LogP contribution in [0.15, 0.2) is 76.0 Å². The smallest absolute Gasteiger partial charge is 0.442 e. The highest BCUT2D eigenvalue weighted by Crippen LogP contribution is 2.31. The van der Waals surface area contributed by atoms with Gasteiger partial charge in [-0.25, -0.2) is 19.0 Å². The van der Waals surface area contributed by atoms with E-state index in [1.807, 2.05) is 28.3 Å². The highest BCUT2D eigenvalue weighted by atomic mass is 32.2. The summed E-state index contributed by atoms with van der Waals surface area (Å²) < 4.78 is 23.3. The Kier molecular flexibility index (Phi) is 8.28. The molecular formula is C24H27N7O3S2. The van der Waals surface area contributed by atoms with E-state index in [4.69, 9.17) is 9.72 Å². The Labute approximate surface area is 214 Å². The first-order chi connectivity index (χ1) is 17.4. The number of benzene rings is 1. The first kappa shape index (κ1) is 25.3. The number of aryl methyl sites for hydroxylation is 1. The normalized spacial score (nSPS) is 12.5. The Hall–Kier alpha value is -3.77. The fourth-order valence-electron chi connectivity index (χ4n) is 3.34. The van der Waals surface area contributed by atoms with Crippen LogP contribution in [0.2, 0.25) is 0 Å². The lowest BCUT2D eigenvalue weighted by Crippen LogP contribution is -2.09. The molecule has 4 rings (SSSR count). The molecule has 1 unspecified atom stereocenters. The van der Waals surface area contributed by atoms with Gasteiger partial charge in [0.2, 0.25) is 5.95 Å². The highest BCUT2D eigenvalue weighted by Gasteiger charge is 2.13.